The standard InChI is InChI=1S/C22H25N3O2S/c1-12(20-13(2)24-25(4)14(20)3)23-22(26)19-11-16-7-6-15-10-17(27-5)8-9-18(15)21(16)28-19/h8-12H,6-7H2,1-5H3,(H,23,26). The van der Waals surface area contributed by atoms with Crippen molar-refractivity contribution in [2.24, 2.45) is 7.05 Å². The summed E-state index contributed by atoms with van der Waals surface area (Å²) in [6.45, 7) is 6.04. The Labute approximate surface area is 169 Å². The molecule has 1 N–H and O–H groups in total. The van der Waals surface area contributed by atoms with Crippen molar-refractivity contribution in [1.82, 2.24) is 15.1 Å². The molecule has 1 unspecified atom stereocenters. The topological polar surface area (TPSA) is 56.1 Å². The van der Waals surface area contributed by atoms with Gasteiger partial charge in [0.05, 0.1) is 23.7 Å². The van der Waals surface area contributed by atoms with Crippen LogP contribution in [0.1, 0.15) is 50.7 Å². The third kappa shape index (κ3) is 3.11. The average molecular weight is 396 g/mol. The Morgan fingerprint density at radius 1 is 1.25 bits per heavy atom. The van der Waals surface area contributed by atoms with Gasteiger partial charge in [-0.25, -0.2) is 0 Å². The molecule has 1 aliphatic carbocycles. The minimum Gasteiger partial charge on any atom is -0.497 e. The molecule has 1 amide bonds. The van der Waals surface area contributed by atoms with Gasteiger partial charge in [0.15, 0.2) is 0 Å². The summed E-state index contributed by atoms with van der Waals surface area (Å²) < 4.78 is 7.21. The molecule has 28 heavy (non-hydrogen) atoms. The van der Waals surface area contributed by atoms with Gasteiger partial charge in [-0.05, 0) is 74.6 Å². The summed E-state index contributed by atoms with van der Waals surface area (Å²) in [5, 5.41) is 7.62. The molecule has 0 aliphatic heterocycles. The maximum atomic E-state index is 12.9. The fourth-order valence-corrected chi connectivity index (χ4v) is 5.28. The molecule has 0 radical (unpaired) electrons. The van der Waals surface area contributed by atoms with Crippen LogP contribution >= 0.6 is 11.3 Å². The first-order chi connectivity index (χ1) is 13.4. The van der Waals surface area contributed by atoms with Gasteiger partial charge in [0.2, 0.25) is 0 Å². The zero-order valence-corrected chi connectivity index (χ0v) is 17.7. The van der Waals surface area contributed by atoms with Crippen molar-refractivity contribution >= 4 is 17.2 Å². The fourth-order valence-electron chi connectivity index (χ4n) is 4.11. The number of fused-ring (bicyclic) bond motifs is 3. The van der Waals surface area contributed by atoms with Gasteiger partial charge in [0.1, 0.15) is 5.75 Å². The number of nitrogens with one attached hydrogen (secondary N) is 1. The molecule has 1 aromatic carbocycles. The summed E-state index contributed by atoms with van der Waals surface area (Å²) in [5.41, 5.74) is 6.90. The molecule has 3 aromatic rings. The van der Waals surface area contributed by atoms with E-state index in [1.165, 1.54) is 21.6 Å². The number of aromatic nitrogens is 2. The van der Waals surface area contributed by atoms with Crippen molar-refractivity contribution in [1.29, 1.82) is 0 Å². The third-order valence-electron chi connectivity index (χ3n) is 5.60. The Hall–Kier alpha value is -2.60. The number of benzene rings is 1. The first-order valence-electron chi connectivity index (χ1n) is 9.50. The van der Waals surface area contributed by atoms with Crippen LogP contribution in [0.15, 0.2) is 24.3 Å². The van der Waals surface area contributed by atoms with E-state index in [2.05, 4.69) is 28.6 Å². The van der Waals surface area contributed by atoms with Crippen LogP contribution in [0.4, 0.5) is 0 Å². The van der Waals surface area contributed by atoms with Crippen molar-refractivity contribution < 1.29 is 9.53 Å². The first kappa shape index (κ1) is 18.7. The summed E-state index contributed by atoms with van der Waals surface area (Å²) in [6, 6.07) is 8.17. The molecule has 6 heteroatoms. The number of carbonyl (C=O) groups is 1. The van der Waals surface area contributed by atoms with Crippen molar-refractivity contribution in [3.05, 3.63) is 57.2 Å². The van der Waals surface area contributed by atoms with Crippen LogP contribution in [0.2, 0.25) is 0 Å². The van der Waals surface area contributed by atoms with Gasteiger partial charge in [-0.2, -0.15) is 5.10 Å². The first-order valence-corrected chi connectivity index (χ1v) is 10.3. The zero-order valence-electron chi connectivity index (χ0n) is 16.9. The number of amides is 1. The van der Waals surface area contributed by atoms with E-state index in [9.17, 15) is 4.79 Å². The Kier molecular flexibility index (Phi) is 4.75. The van der Waals surface area contributed by atoms with E-state index in [-0.39, 0.29) is 11.9 Å². The normalized spacial score (nSPS) is 13.6. The van der Waals surface area contributed by atoms with E-state index >= 15 is 0 Å². The van der Waals surface area contributed by atoms with Crippen LogP contribution in [0.3, 0.4) is 0 Å². The number of rotatable bonds is 4. The van der Waals surface area contributed by atoms with Gasteiger partial charge in [-0.1, -0.05) is 0 Å². The van der Waals surface area contributed by atoms with E-state index in [1.807, 2.05) is 38.6 Å². The lowest BCUT2D eigenvalue weighted by atomic mass is 9.91. The molecule has 2 heterocycles. The fraction of sp³-hybridized carbons (Fsp3) is 0.364. The largest absolute Gasteiger partial charge is 0.497 e. The highest BCUT2D eigenvalue weighted by molar-refractivity contribution is 7.17. The molecule has 0 spiro atoms. The Morgan fingerprint density at radius 2 is 2.00 bits per heavy atom. The van der Waals surface area contributed by atoms with Crippen LogP contribution < -0.4 is 10.1 Å². The molecule has 1 aliphatic rings. The Balaban J connectivity index is 1.59. The summed E-state index contributed by atoms with van der Waals surface area (Å²) in [6.07, 6.45) is 1.93. The number of carbonyl (C=O) groups excluding carboxylic acids is 1. The second-order valence-electron chi connectivity index (χ2n) is 7.39. The lowest BCUT2D eigenvalue weighted by Crippen LogP contribution is -2.26. The lowest BCUT2D eigenvalue weighted by molar-refractivity contribution is 0.0944. The maximum absolute atomic E-state index is 12.9. The quantitative estimate of drug-likeness (QED) is 0.714. The van der Waals surface area contributed by atoms with Crippen molar-refractivity contribution in [2.75, 3.05) is 7.11 Å². The Morgan fingerprint density at radius 3 is 2.68 bits per heavy atom. The number of methoxy groups -OCH3 is 1. The maximum Gasteiger partial charge on any atom is 0.261 e. The summed E-state index contributed by atoms with van der Waals surface area (Å²) in [7, 11) is 3.62. The molecule has 4 rings (SSSR count). The van der Waals surface area contributed by atoms with Gasteiger partial charge in [0.25, 0.3) is 5.91 Å². The average Bonchev–Trinajstić information content (AvgIpc) is 3.22. The van der Waals surface area contributed by atoms with Crippen LogP contribution in [0, 0.1) is 13.8 Å². The number of thiophene rings is 1. The van der Waals surface area contributed by atoms with Crippen molar-refractivity contribution in [3.63, 3.8) is 0 Å². The number of nitrogens with zero attached hydrogens (tertiary/aromatic N) is 2. The second kappa shape index (κ2) is 7.09. The highest BCUT2D eigenvalue weighted by atomic mass is 32.1. The molecule has 0 fully saturated rings. The molecular weight excluding hydrogens is 370 g/mol. The van der Waals surface area contributed by atoms with Gasteiger partial charge in [0, 0.05) is 23.2 Å². The van der Waals surface area contributed by atoms with Crippen molar-refractivity contribution in [3.8, 4) is 16.2 Å². The van der Waals surface area contributed by atoms with Crippen molar-refractivity contribution in [2.45, 2.75) is 39.7 Å². The minimum absolute atomic E-state index is 0.0235. The SMILES string of the molecule is COc1ccc2c(c1)CCc1cc(C(=O)NC(C)c3c(C)nn(C)c3C)sc1-2. The predicted molar refractivity (Wildman–Crippen MR) is 112 cm³/mol. The van der Waals surface area contributed by atoms with Gasteiger partial charge in [-0.3, -0.25) is 9.48 Å². The summed E-state index contributed by atoms with van der Waals surface area (Å²) >= 11 is 1.58. The smallest absolute Gasteiger partial charge is 0.261 e. The number of aryl methyl sites for hydroxylation is 4. The third-order valence-corrected chi connectivity index (χ3v) is 6.81. The number of hydrogen-bond donors (Lipinski definition) is 1. The summed E-state index contributed by atoms with van der Waals surface area (Å²) in [4.78, 5) is 14.9. The predicted octanol–water partition coefficient (Wildman–Crippen LogP) is 4.36. The highest BCUT2D eigenvalue weighted by Crippen LogP contribution is 2.41. The molecule has 0 bridgehead atoms. The van der Waals surface area contributed by atoms with Crippen LogP contribution in [0.25, 0.3) is 10.4 Å². The highest BCUT2D eigenvalue weighted by Gasteiger charge is 2.24. The summed E-state index contributed by atoms with van der Waals surface area (Å²) in [5.74, 6) is 0.859. The van der Waals surface area contributed by atoms with E-state index < -0.39 is 0 Å². The molecule has 2 aromatic heterocycles. The zero-order chi connectivity index (χ0) is 20.0. The van der Waals surface area contributed by atoms with E-state index in [4.69, 9.17) is 4.74 Å². The molecular formula is C22H25N3O2S. The van der Waals surface area contributed by atoms with E-state index in [0.29, 0.717) is 0 Å². The molecule has 146 valence electrons. The minimum atomic E-state index is -0.0862. The lowest BCUT2D eigenvalue weighted by Gasteiger charge is -2.16. The van der Waals surface area contributed by atoms with Gasteiger partial charge >= 0.3 is 0 Å². The van der Waals surface area contributed by atoms with Crippen LogP contribution in [-0.2, 0) is 19.9 Å². The van der Waals surface area contributed by atoms with Crippen LogP contribution in [0.5, 0.6) is 5.75 Å². The number of ether oxygens (including phenoxy) is 1. The van der Waals surface area contributed by atoms with E-state index in [0.717, 1.165) is 40.4 Å². The Bertz CT molecular complexity index is 1060. The molecule has 0 saturated heterocycles. The van der Waals surface area contributed by atoms with E-state index in [1.54, 1.807) is 18.4 Å². The van der Waals surface area contributed by atoms with Gasteiger partial charge < -0.3 is 10.1 Å². The molecule has 1 atom stereocenters. The second-order valence-corrected chi connectivity index (χ2v) is 8.44. The monoisotopic (exact) mass is 395 g/mol. The van der Waals surface area contributed by atoms with Gasteiger partial charge in [-0.15, -0.1) is 11.3 Å². The number of hydrogen-bond acceptors (Lipinski definition) is 4. The van der Waals surface area contributed by atoms with Crippen LogP contribution in [-0.4, -0.2) is 22.8 Å². The molecule has 5 nitrogen and oxygen atoms in total. The molecule has 0 saturated carbocycles.